The average Bonchev–Trinajstić information content (AvgIpc) is 2.59. The number of nitrogens with one attached hydrogen (secondary N) is 1. The molecule has 0 amide bonds. The number of nitrogens with zero attached hydrogens (tertiary/aromatic N) is 5. The predicted octanol–water partition coefficient (Wildman–Crippen LogP) is 0.504. The summed E-state index contributed by atoms with van der Waals surface area (Å²) in [5.41, 5.74) is 1.92. The molecule has 128 valence electrons. The first-order chi connectivity index (χ1) is 11.5. The number of aryl methyl sites for hydroxylation is 3. The number of hydrogen-bond acceptors (Lipinski definition) is 7. The van der Waals surface area contributed by atoms with Gasteiger partial charge in [0.25, 0.3) is 5.56 Å². The summed E-state index contributed by atoms with van der Waals surface area (Å²) in [4.78, 5) is 18.2. The number of ether oxygens (including phenoxy) is 1. The lowest BCUT2D eigenvalue weighted by Crippen LogP contribution is -2.46. The van der Waals surface area contributed by atoms with E-state index in [0.29, 0.717) is 25.5 Å². The molecule has 3 heterocycles. The largest absolute Gasteiger partial charge is 0.373 e. The Morgan fingerprint density at radius 1 is 1.38 bits per heavy atom. The van der Waals surface area contributed by atoms with E-state index >= 15 is 0 Å². The SMILES string of the molecule is Cc1cc(N2CCO[C@@H](CNc3nccn(C)c3=O)C2)nnc1C. The Hall–Kier alpha value is -2.48. The topological polar surface area (TPSA) is 85.2 Å². The highest BCUT2D eigenvalue weighted by atomic mass is 16.5. The number of anilines is 2. The van der Waals surface area contributed by atoms with Gasteiger partial charge in [-0.25, -0.2) is 4.98 Å². The third-order valence-electron chi connectivity index (χ3n) is 4.20. The van der Waals surface area contributed by atoms with Gasteiger partial charge in [-0.05, 0) is 25.5 Å². The van der Waals surface area contributed by atoms with Crippen LogP contribution in [0.25, 0.3) is 0 Å². The third kappa shape index (κ3) is 3.53. The normalized spacial score (nSPS) is 17.8. The molecule has 1 atom stereocenters. The van der Waals surface area contributed by atoms with Crippen molar-refractivity contribution in [2.45, 2.75) is 20.0 Å². The minimum Gasteiger partial charge on any atom is -0.373 e. The number of morpholine rings is 1. The van der Waals surface area contributed by atoms with Gasteiger partial charge in [0.2, 0.25) is 0 Å². The van der Waals surface area contributed by atoms with E-state index in [1.54, 1.807) is 19.4 Å². The van der Waals surface area contributed by atoms with Gasteiger partial charge in [-0.3, -0.25) is 4.79 Å². The lowest BCUT2D eigenvalue weighted by atomic mass is 10.2. The van der Waals surface area contributed by atoms with Crippen LogP contribution in [0.4, 0.5) is 11.6 Å². The molecule has 0 bridgehead atoms. The highest BCUT2D eigenvalue weighted by Gasteiger charge is 2.22. The zero-order valence-corrected chi connectivity index (χ0v) is 14.2. The van der Waals surface area contributed by atoms with E-state index in [1.807, 2.05) is 19.9 Å². The second kappa shape index (κ2) is 6.96. The summed E-state index contributed by atoms with van der Waals surface area (Å²) in [6.45, 7) is 6.58. The molecule has 1 saturated heterocycles. The van der Waals surface area contributed by atoms with E-state index in [-0.39, 0.29) is 11.7 Å². The maximum atomic E-state index is 12.0. The number of hydrogen-bond donors (Lipinski definition) is 1. The molecule has 0 aliphatic carbocycles. The van der Waals surface area contributed by atoms with Gasteiger partial charge in [0.1, 0.15) is 0 Å². The standard InChI is InChI=1S/C16H22N6O2/c1-11-8-14(20-19-12(11)2)22-6-7-24-13(10-22)9-18-15-16(23)21(3)5-4-17-15/h4-5,8,13H,6-7,9-10H2,1-3H3,(H,17,18)/t13-/m0/s1. The van der Waals surface area contributed by atoms with Crippen LogP contribution in [-0.2, 0) is 11.8 Å². The molecule has 3 rings (SSSR count). The van der Waals surface area contributed by atoms with Gasteiger partial charge in [-0.2, -0.15) is 5.10 Å². The first-order valence-corrected chi connectivity index (χ1v) is 7.97. The monoisotopic (exact) mass is 330 g/mol. The molecule has 1 aliphatic heterocycles. The van der Waals surface area contributed by atoms with Crippen LogP contribution in [0.1, 0.15) is 11.3 Å². The lowest BCUT2D eigenvalue weighted by molar-refractivity contribution is 0.0488. The zero-order valence-electron chi connectivity index (χ0n) is 14.2. The summed E-state index contributed by atoms with van der Waals surface area (Å²) in [5, 5.41) is 11.6. The molecule has 1 fully saturated rings. The van der Waals surface area contributed by atoms with Crippen molar-refractivity contribution in [3.8, 4) is 0 Å². The van der Waals surface area contributed by atoms with Crippen LogP contribution in [0.15, 0.2) is 23.3 Å². The van der Waals surface area contributed by atoms with Gasteiger partial charge in [0, 0.05) is 39.1 Å². The van der Waals surface area contributed by atoms with Crippen molar-refractivity contribution in [2.24, 2.45) is 7.05 Å². The summed E-state index contributed by atoms with van der Waals surface area (Å²) < 4.78 is 7.28. The van der Waals surface area contributed by atoms with Crippen LogP contribution in [0.5, 0.6) is 0 Å². The summed E-state index contributed by atoms with van der Waals surface area (Å²) >= 11 is 0. The fourth-order valence-electron chi connectivity index (χ4n) is 2.57. The maximum Gasteiger partial charge on any atom is 0.293 e. The van der Waals surface area contributed by atoms with Crippen LogP contribution >= 0.6 is 0 Å². The molecule has 24 heavy (non-hydrogen) atoms. The Balaban J connectivity index is 1.64. The zero-order chi connectivity index (χ0) is 17.1. The summed E-state index contributed by atoms with van der Waals surface area (Å²) in [7, 11) is 1.70. The van der Waals surface area contributed by atoms with Crippen molar-refractivity contribution in [2.75, 3.05) is 36.5 Å². The van der Waals surface area contributed by atoms with Gasteiger partial charge in [-0.15, -0.1) is 5.10 Å². The van der Waals surface area contributed by atoms with Gasteiger partial charge in [0.05, 0.1) is 18.4 Å². The third-order valence-corrected chi connectivity index (χ3v) is 4.20. The van der Waals surface area contributed by atoms with Gasteiger partial charge in [0.15, 0.2) is 11.6 Å². The lowest BCUT2D eigenvalue weighted by Gasteiger charge is -2.33. The first kappa shape index (κ1) is 16.4. The molecule has 0 spiro atoms. The maximum absolute atomic E-state index is 12.0. The molecule has 0 unspecified atom stereocenters. The van der Waals surface area contributed by atoms with Crippen molar-refractivity contribution in [1.29, 1.82) is 0 Å². The minimum absolute atomic E-state index is 0.0473. The van der Waals surface area contributed by atoms with Crippen LogP contribution in [0.2, 0.25) is 0 Å². The minimum atomic E-state index is -0.148. The van der Waals surface area contributed by atoms with Crippen molar-refractivity contribution >= 4 is 11.6 Å². The molecule has 8 heteroatoms. The van der Waals surface area contributed by atoms with Gasteiger partial charge < -0.3 is 19.5 Å². The quantitative estimate of drug-likeness (QED) is 0.874. The molecule has 1 aliphatic rings. The van der Waals surface area contributed by atoms with Crippen LogP contribution in [0.3, 0.4) is 0 Å². The van der Waals surface area contributed by atoms with E-state index in [0.717, 1.165) is 23.6 Å². The summed E-state index contributed by atoms with van der Waals surface area (Å²) in [5.74, 6) is 1.20. The average molecular weight is 330 g/mol. The smallest absolute Gasteiger partial charge is 0.293 e. The first-order valence-electron chi connectivity index (χ1n) is 7.97. The van der Waals surface area contributed by atoms with Crippen LogP contribution in [-0.4, -0.2) is 52.1 Å². The summed E-state index contributed by atoms with van der Waals surface area (Å²) in [6, 6.07) is 2.05. The highest BCUT2D eigenvalue weighted by Crippen LogP contribution is 2.17. The van der Waals surface area contributed by atoms with E-state index in [1.165, 1.54) is 4.57 Å². The molecule has 2 aromatic rings. The van der Waals surface area contributed by atoms with E-state index < -0.39 is 0 Å². The van der Waals surface area contributed by atoms with Crippen molar-refractivity contribution in [3.05, 3.63) is 40.1 Å². The second-order valence-corrected chi connectivity index (χ2v) is 5.98. The van der Waals surface area contributed by atoms with Crippen LogP contribution < -0.4 is 15.8 Å². The number of aromatic nitrogens is 4. The van der Waals surface area contributed by atoms with Gasteiger partial charge in [-0.1, -0.05) is 0 Å². The van der Waals surface area contributed by atoms with E-state index in [2.05, 4.69) is 25.4 Å². The predicted molar refractivity (Wildman–Crippen MR) is 91.4 cm³/mol. The van der Waals surface area contributed by atoms with Crippen molar-refractivity contribution < 1.29 is 4.74 Å². The molecule has 0 saturated carbocycles. The van der Waals surface area contributed by atoms with Gasteiger partial charge >= 0.3 is 0 Å². The van der Waals surface area contributed by atoms with E-state index in [4.69, 9.17) is 4.74 Å². The molecular weight excluding hydrogens is 308 g/mol. The molecule has 0 radical (unpaired) electrons. The van der Waals surface area contributed by atoms with Crippen molar-refractivity contribution in [1.82, 2.24) is 19.7 Å². The van der Waals surface area contributed by atoms with E-state index in [9.17, 15) is 4.79 Å². The Bertz CT molecular complexity index is 775. The highest BCUT2D eigenvalue weighted by molar-refractivity contribution is 5.41. The Morgan fingerprint density at radius 3 is 3.00 bits per heavy atom. The molecule has 1 N–H and O–H groups in total. The fourth-order valence-corrected chi connectivity index (χ4v) is 2.57. The van der Waals surface area contributed by atoms with Crippen molar-refractivity contribution in [3.63, 3.8) is 0 Å². The van der Waals surface area contributed by atoms with Crippen LogP contribution in [0, 0.1) is 13.8 Å². The molecule has 8 nitrogen and oxygen atoms in total. The fraction of sp³-hybridized carbons (Fsp3) is 0.500. The number of rotatable bonds is 4. The molecule has 0 aromatic carbocycles. The molecule has 2 aromatic heterocycles. The molecular formula is C16H22N6O2. The Labute approximate surface area is 140 Å². The summed E-state index contributed by atoms with van der Waals surface area (Å²) in [6.07, 6.45) is 3.18. The Kier molecular flexibility index (Phi) is 4.75. The Morgan fingerprint density at radius 2 is 2.21 bits per heavy atom. The second-order valence-electron chi connectivity index (χ2n) is 5.98.